The highest BCUT2D eigenvalue weighted by molar-refractivity contribution is 6.29. The van der Waals surface area contributed by atoms with Gasteiger partial charge in [0.05, 0.1) is 45.2 Å². The molecule has 1 aliphatic carbocycles. The zero-order valence-corrected chi connectivity index (χ0v) is 34.3. The second-order valence-electron chi connectivity index (χ2n) is 17.1. The van der Waals surface area contributed by atoms with Crippen LogP contribution in [0.15, 0.2) is 200 Å². The molecule has 8 aromatic carbocycles. The molecule has 0 aliphatic heterocycles. The van der Waals surface area contributed by atoms with E-state index in [0.717, 1.165) is 66.7 Å². The van der Waals surface area contributed by atoms with E-state index in [0.29, 0.717) is 0 Å². The monoisotopic (exact) mass is 793 g/mol. The molecule has 292 valence electrons. The van der Waals surface area contributed by atoms with E-state index in [2.05, 4.69) is 218 Å². The number of benzene rings is 8. The lowest BCUT2D eigenvalue weighted by Gasteiger charge is -2.28. The van der Waals surface area contributed by atoms with E-state index in [1.54, 1.807) is 0 Å². The second kappa shape index (κ2) is 13.0. The minimum absolute atomic E-state index is 0.136. The summed E-state index contributed by atoms with van der Waals surface area (Å²) in [5.74, 6) is 0. The van der Waals surface area contributed by atoms with Crippen molar-refractivity contribution in [1.82, 2.24) is 19.2 Å². The zero-order valence-electron chi connectivity index (χ0n) is 34.3. The molecule has 12 aromatic rings. The fourth-order valence-corrected chi connectivity index (χ4v) is 10.4. The van der Waals surface area contributed by atoms with Gasteiger partial charge in [0.2, 0.25) is 0 Å². The van der Waals surface area contributed by atoms with Gasteiger partial charge in [-0.15, -0.1) is 0 Å². The highest BCUT2D eigenvalue weighted by Gasteiger charge is 2.36. The minimum Gasteiger partial charge on any atom is -0.309 e. The van der Waals surface area contributed by atoms with Gasteiger partial charge in [-0.3, -0.25) is 0 Å². The third kappa shape index (κ3) is 4.96. The number of nitrogens with zero attached hydrogens (tertiary/aromatic N) is 5. The number of para-hydroxylation sites is 3. The molecular weight excluding hydrogens is 755 g/mol. The number of anilines is 3. The lowest BCUT2D eigenvalue weighted by Crippen LogP contribution is -2.16. The molecule has 62 heavy (non-hydrogen) atoms. The molecule has 0 atom stereocenters. The second-order valence-corrected chi connectivity index (χ2v) is 17.1. The Labute approximate surface area is 358 Å². The molecule has 1 aliphatic rings. The van der Waals surface area contributed by atoms with Crippen LogP contribution in [0.25, 0.3) is 88.0 Å². The SMILES string of the molecule is CC1(C)c2ccccc2-c2ccc(N(c3ccc(-c4nc5ccccc5c5c4ccc4c5c5ccccc5n4-c4ccccc4)cc3)c3ccc4c5ccccc5nn4c3)cc21. The third-order valence-corrected chi connectivity index (χ3v) is 13.3. The molecule has 0 spiro atoms. The summed E-state index contributed by atoms with van der Waals surface area (Å²) in [7, 11) is 0. The lowest BCUT2D eigenvalue weighted by atomic mass is 9.82. The first-order valence-corrected chi connectivity index (χ1v) is 21.3. The van der Waals surface area contributed by atoms with Gasteiger partial charge in [0.15, 0.2) is 0 Å². The van der Waals surface area contributed by atoms with Crippen LogP contribution >= 0.6 is 0 Å². The van der Waals surface area contributed by atoms with Crippen LogP contribution in [0.1, 0.15) is 25.0 Å². The number of rotatable bonds is 5. The molecule has 0 unspecified atom stereocenters. The number of fused-ring (bicyclic) bond motifs is 13. The minimum atomic E-state index is -0.136. The largest absolute Gasteiger partial charge is 0.309 e. The van der Waals surface area contributed by atoms with E-state index >= 15 is 0 Å². The Morgan fingerprint density at radius 1 is 0.452 bits per heavy atom. The molecule has 0 radical (unpaired) electrons. The van der Waals surface area contributed by atoms with Gasteiger partial charge < -0.3 is 9.47 Å². The summed E-state index contributed by atoms with van der Waals surface area (Å²) in [5, 5.41) is 12.1. The van der Waals surface area contributed by atoms with Crippen molar-refractivity contribution in [2.45, 2.75) is 19.3 Å². The van der Waals surface area contributed by atoms with Gasteiger partial charge >= 0.3 is 0 Å². The lowest BCUT2D eigenvalue weighted by molar-refractivity contribution is 0.660. The average Bonchev–Trinajstić information content (AvgIpc) is 3.94. The molecule has 4 heterocycles. The van der Waals surface area contributed by atoms with Crippen LogP contribution in [0.4, 0.5) is 17.1 Å². The van der Waals surface area contributed by atoms with Crippen molar-refractivity contribution in [2.75, 3.05) is 4.90 Å². The summed E-state index contributed by atoms with van der Waals surface area (Å²) in [5.41, 5.74) is 16.9. The third-order valence-electron chi connectivity index (χ3n) is 13.3. The molecule has 4 aromatic heterocycles. The quantitative estimate of drug-likeness (QED) is 0.163. The Bertz CT molecular complexity index is 3780. The van der Waals surface area contributed by atoms with Crippen molar-refractivity contribution in [3.8, 4) is 28.1 Å². The molecule has 0 bridgehead atoms. The van der Waals surface area contributed by atoms with Gasteiger partial charge in [0, 0.05) is 60.4 Å². The molecule has 0 saturated heterocycles. The van der Waals surface area contributed by atoms with E-state index < -0.39 is 0 Å². The van der Waals surface area contributed by atoms with E-state index in [1.165, 1.54) is 49.4 Å². The van der Waals surface area contributed by atoms with Crippen molar-refractivity contribution >= 4 is 77.0 Å². The Morgan fingerprint density at radius 3 is 1.97 bits per heavy atom. The van der Waals surface area contributed by atoms with Crippen molar-refractivity contribution in [3.63, 3.8) is 0 Å². The van der Waals surface area contributed by atoms with Crippen molar-refractivity contribution in [2.24, 2.45) is 0 Å². The normalized spacial score (nSPS) is 13.1. The number of aromatic nitrogens is 4. The molecule has 0 N–H and O–H groups in total. The maximum atomic E-state index is 5.41. The summed E-state index contributed by atoms with van der Waals surface area (Å²) in [4.78, 5) is 7.78. The maximum absolute atomic E-state index is 5.41. The first kappa shape index (κ1) is 34.8. The van der Waals surface area contributed by atoms with Gasteiger partial charge in [-0.1, -0.05) is 135 Å². The molecule has 5 nitrogen and oxygen atoms in total. The van der Waals surface area contributed by atoms with Crippen LogP contribution in [0.3, 0.4) is 0 Å². The molecular formula is C57H39N5. The first-order chi connectivity index (χ1) is 30.5. The summed E-state index contributed by atoms with van der Waals surface area (Å²) < 4.78 is 4.42. The maximum Gasteiger partial charge on any atom is 0.0933 e. The van der Waals surface area contributed by atoms with E-state index in [1.807, 2.05) is 10.6 Å². The van der Waals surface area contributed by atoms with Gasteiger partial charge in [-0.25, -0.2) is 9.50 Å². The van der Waals surface area contributed by atoms with Crippen LogP contribution in [0.5, 0.6) is 0 Å². The predicted octanol–water partition coefficient (Wildman–Crippen LogP) is 14.7. The summed E-state index contributed by atoms with van der Waals surface area (Å²) in [6.07, 6.45) is 2.16. The van der Waals surface area contributed by atoms with Crippen molar-refractivity contribution in [3.05, 3.63) is 211 Å². The topological polar surface area (TPSA) is 38.4 Å². The molecule has 13 rings (SSSR count). The van der Waals surface area contributed by atoms with Gasteiger partial charge in [-0.05, 0) is 95.1 Å². The Kier molecular flexibility index (Phi) is 7.29. The fourth-order valence-electron chi connectivity index (χ4n) is 10.4. The van der Waals surface area contributed by atoms with E-state index in [4.69, 9.17) is 10.1 Å². The van der Waals surface area contributed by atoms with E-state index in [-0.39, 0.29) is 5.41 Å². The van der Waals surface area contributed by atoms with Crippen LogP contribution in [-0.2, 0) is 5.41 Å². The Morgan fingerprint density at radius 2 is 1.11 bits per heavy atom. The van der Waals surface area contributed by atoms with Crippen molar-refractivity contribution < 1.29 is 0 Å². The van der Waals surface area contributed by atoms with Crippen molar-refractivity contribution in [1.29, 1.82) is 0 Å². The summed E-state index contributed by atoms with van der Waals surface area (Å²) >= 11 is 0. The van der Waals surface area contributed by atoms with Crippen LogP contribution in [0, 0.1) is 0 Å². The molecule has 0 amide bonds. The molecule has 0 saturated carbocycles. The van der Waals surface area contributed by atoms with Gasteiger partial charge in [0.1, 0.15) is 0 Å². The Balaban J connectivity index is 1.00. The molecule has 5 heteroatoms. The smallest absolute Gasteiger partial charge is 0.0933 e. The summed E-state index contributed by atoms with van der Waals surface area (Å²) in [6, 6.07) is 70.1. The molecule has 0 fully saturated rings. The number of hydrogen-bond donors (Lipinski definition) is 0. The highest BCUT2D eigenvalue weighted by Crippen LogP contribution is 2.51. The summed E-state index contributed by atoms with van der Waals surface area (Å²) in [6.45, 7) is 4.69. The van der Waals surface area contributed by atoms with Crippen LogP contribution in [0.2, 0.25) is 0 Å². The van der Waals surface area contributed by atoms with Crippen LogP contribution < -0.4 is 4.90 Å². The Hall–Kier alpha value is -8.02. The standard InChI is InChI=1S/C57H39N5/c1-57(2)47-20-10-6-16-41(47)42-30-28-39(34-48(42)57)61(40-29-32-51-43-17-7-12-22-50(43)59-60(51)35-40)38-26-24-36(25-27-38)56-46-31-33-53-55(54(46)44-18-8-11-21-49(44)58-56)45-19-9-13-23-52(45)62(53)37-14-4-3-5-15-37/h3-35H,1-2H3. The zero-order chi connectivity index (χ0) is 41.1. The number of pyridine rings is 2. The van der Waals surface area contributed by atoms with Crippen LogP contribution in [-0.4, -0.2) is 19.2 Å². The van der Waals surface area contributed by atoms with E-state index in [9.17, 15) is 0 Å². The van der Waals surface area contributed by atoms with Gasteiger partial charge in [-0.2, -0.15) is 5.10 Å². The number of hydrogen-bond acceptors (Lipinski definition) is 3. The van der Waals surface area contributed by atoms with Gasteiger partial charge in [0.25, 0.3) is 0 Å². The fraction of sp³-hybridized carbons (Fsp3) is 0.0526. The predicted molar refractivity (Wildman–Crippen MR) is 258 cm³/mol. The first-order valence-electron chi connectivity index (χ1n) is 21.3. The average molecular weight is 794 g/mol. The highest BCUT2D eigenvalue weighted by atomic mass is 15.2.